The predicted molar refractivity (Wildman–Crippen MR) is 103 cm³/mol. The number of ether oxygens (including phenoxy) is 1. The minimum absolute atomic E-state index is 0.134. The van der Waals surface area contributed by atoms with E-state index in [1.54, 1.807) is 30.3 Å². The van der Waals surface area contributed by atoms with Crippen molar-refractivity contribution in [2.24, 2.45) is 0 Å². The Kier molecular flexibility index (Phi) is 5.28. The minimum atomic E-state index is -0.306. The summed E-state index contributed by atoms with van der Waals surface area (Å²) in [7, 11) is 0. The smallest absolute Gasteiger partial charge is 0.258 e. The molecule has 2 N–H and O–H groups in total. The molecule has 1 aromatic heterocycles. The van der Waals surface area contributed by atoms with Gasteiger partial charge in [-0.15, -0.1) is 0 Å². The monoisotopic (exact) mass is 370 g/mol. The molecule has 0 bridgehead atoms. The summed E-state index contributed by atoms with van der Waals surface area (Å²) in [4.78, 5) is 27.0. The van der Waals surface area contributed by atoms with Crippen molar-refractivity contribution in [1.29, 1.82) is 0 Å². The quantitative estimate of drug-likeness (QED) is 0.722. The van der Waals surface area contributed by atoms with Crippen LogP contribution >= 0.6 is 11.6 Å². The van der Waals surface area contributed by atoms with Crippen LogP contribution in [0.3, 0.4) is 0 Å². The van der Waals surface area contributed by atoms with Crippen LogP contribution in [-0.4, -0.2) is 17.5 Å². The van der Waals surface area contributed by atoms with Gasteiger partial charge in [0.25, 0.3) is 11.5 Å². The SMILES string of the molecule is Cc1cc2cc(CNC(=O)COc3ccc(Cl)cc3)c(=O)[nH]c2cc1C. The molecule has 0 saturated heterocycles. The number of H-pyrrole nitrogens is 1. The Morgan fingerprint density at radius 1 is 1.12 bits per heavy atom. The molecule has 0 fully saturated rings. The number of rotatable bonds is 5. The predicted octanol–water partition coefficient (Wildman–Crippen LogP) is 3.49. The van der Waals surface area contributed by atoms with Crippen LogP contribution in [-0.2, 0) is 11.3 Å². The van der Waals surface area contributed by atoms with Crippen LogP contribution in [0.2, 0.25) is 5.02 Å². The van der Waals surface area contributed by atoms with Gasteiger partial charge in [-0.2, -0.15) is 0 Å². The summed E-state index contributed by atoms with van der Waals surface area (Å²) in [6.45, 7) is 4.03. The maximum atomic E-state index is 12.2. The number of aryl methyl sites for hydroxylation is 2. The molecule has 2 aromatic carbocycles. The normalized spacial score (nSPS) is 10.7. The van der Waals surface area contributed by atoms with Gasteiger partial charge in [-0.25, -0.2) is 0 Å². The lowest BCUT2D eigenvalue weighted by molar-refractivity contribution is -0.123. The molecular weight excluding hydrogens is 352 g/mol. The molecule has 0 atom stereocenters. The summed E-state index contributed by atoms with van der Waals surface area (Å²) in [5.41, 5.74) is 3.35. The van der Waals surface area contributed by atoms with Crippen molar-refractivity contribution in [3.05, 3.63) is 74.5 Å². The van der Waals surface area contributed by atoms with Crippen molar-refractivity contribution in [2.45, 2.75) is 20.4 Å². The Labute approximate surface area is 156 Å². The van der Waals surface area contributed by atoms with E-state index in [-0.39, 0.29) is 24.6 Å². The van der Waals surface area contributed by atoms with Gasteiger partial charge in [0.15, 0.2) is 6.61 Å². The molecule has 0 aliphatic rings. The summed E-state index contributed by atoms with van der Waals surface area (Å²) in [5, 5.41) is 4.24. The van der Waals surface area contributed by atoms with Gasteiger partial charge in [-0.1, -0.05) is 11.6 Å². The van der Waals surface area contributed by atoms with E-state index in [0.29, 0.717) is 16.3 Å². The molecule has 134 valence electrons. The van der Waals surface area contributed by atoms with Crippen LogP contribution in [0.5, 0.6) is 5.75 Å². The maximum Gasteiger partial charge on any atom is 0.258 e. The van der Waals surface area contributed by atoms with Crippen molar-refractivity contribution < 1.29 is 9.53 Å². The largest absolute Gasteiger partial charge is 0.484 e. The van der Waals surface area contributed by atoms with Crippen LogP contribution < -0.4 is 15.6 Å². The van der Waals surface area contributed by atoms with Crippen molar-refractivity contribution in [2.75, 3.05) is 6.61 Å². The summed E-state index contributed by atoms with van der Waals surface area (Å²) in [6, 6.07) is 12.5. The Bertz CT molecular complexity index is 1010. The van der Waals surface area contributed by atoms with Crippen molar-refractivity contribution in [1.82, 2.24) is 10.3 Å². The van der Waals surface area contributed by atoms with Gasteiger partial charge in [0.1, 0.15) is 5.75 Å². The van der Waals surface area contributed by atoms with Crippen LogP contribution in [0.25, 0.3) is 10.9 Å². The number of fused-ring (bicyclic) bond motifs is 1. The van der Waals surface area contributed by atoms with Crippen molar-refractivity contribution in [3.8, 4) is 5.75 Å². The number of hydrogen-bond donors (Lipinski definition) is 2. The highest BCUT2D eigenvalue weighted by Gasteiger charge is 2.08. The number of halogens is 1. The van der Waals surface area contributed by atoms with E-state index in [1.807, 2.05) is 26.0 Å². The molecule has 3 aromatic rings. The van der Waals surface area contributed by atoms with Gasteiger partial charge < -0.3 is 15.0 Å². The lowest BCUT2D eigenvalue weighted by atomic mass is 10.1. The fraction of sp³-hybridized carbons (Fsp3) is 0.200. The first-order valence-electron chi connectivity index (χ1n) is 8.20. The number of pyridine rings is 1. The average Bonchev–Trinajstić information content (AvgIpc) is 2.61. The topological polar surface area (TPSA) is 71.2 Å². The van der Waals surface area contributed by atoms with Crippen molar-refractivity contribution in [3.63, 3.8) is 0 Å². The molecule has 1 amide bonds. The van der Waals surface area contributed by atoms with Gasteiger partial charge >= 0.3 is 0 Å². The van der Waals surface area contributed by atoms with Crippen LogP contribution in [0.1, 0.15) is 16.7 Å². The first kappa shape index (κ1) is 18.0. The second kappa shape index (κ2) is 7.62. The van der Waals surface area contributed by atoms with Gasteiger partial charge in [0, 0.05) is 22.6 Å². The van der Waals surface area contributed by atoms with Crippen LogP contribution in [0.15, 0.2) is 47.3 Å². The molecule has 3 rings (SSSR count). The number of aromatic amines is 1. The fourth-order valence-electron chi connectivity index (χ4n) is 2.58. The summed E-state index contributed by atoms with van der Waals surface area (Å²) >= 11 is 5.80. The van der Waals surface area contributed by atoms with Crippen LogP contribution in [0.4, 0.5) is 0 Å². The molecule has 0 unspecified atom stereocenters. The number of benzene rings is 2. The zero-order chi connectivity index (χ0) is 18.7. The fourth-order valence-corrected chi connectivity index (χ4v) is 2.70. The van der Waals surface area contributed by atoms with Gasteiger partial charge in [-0.3, -0.25) is 9.59 Å². The molecule has 26 heavy (non-hydrogen) atoms. The van der Waals surface area contributed by atoms with Gasteiger partial charge in [0.2, 0.25) is 0 Å². The zero-order valence-electron chi connectivity index (χ0n) is 14.6. The van der Waals surface area contributed by atoms with E-state index in [9.17, 15) is 9.59 Å². The molecule has 6 heteroatoms. The lowest BCUT2D eigenvalue weighted by Gasteiger charge is -2.09. The molecule has 1 heterocycles. The van der Waals surface area contributed by atoms with Crippen molar-refractivity contribution >= 4 is 28.4 Å². The van der Waals surface area contributed by atoms with E-state index < -0.39 is 0 Å². The number of carbonyl (C=O) groups is 1. The second-order valence-corrected chi connectivity index (χ2v) is 6.60. The molecule has 0 aliphatic heterocycles. The third-order valence-corrected chi connectivity index (χ3v) is 4.45. The van der Waals surface area contributed by atoms with Gasteiger partial charge in [0.05, 0.1) is 0 Å². The summed E-state index contributed by atoms with van der Waals surface area (Å²) in [5.74, 6) is 0.249. The molecule has 0 saturated carbocycles. The third kappa shape index (κ3) is 4.24. The summed E-state index contributed by atoms with van der Waals surface area (Å²) < 4.78 is 5.38. The highest BCUT2D eigenvalue weighted by Crippen LogP contribution is 2.17. The van der Waals surface area contributed by atoms with E-state index >= 15 is 0 Å². The number of aromatic nitrogens is 1. The zero-order valence-corrected chi connectivity index (χ0v) is 15.3. The number of hydrogen-bond acceptors (Lipinski definition) is 3. The second-order valence-electron chi connectivity index (χ2n) is 6.17. The molecule has 0 radical (unpaired) electrons. The van der Waals surface area contributed by atoms with Gasteiger partial charge in [-0.05, 0) is 72.8 Å². The maximum absolute atomic E-state index is 12.2. The average molecular weight is 371 g/mol. The molecule has 0 aliphatic carbocycles. The van der Waals surface area contributed by atoms with E-state index in [1.165, 1.54) is 0 Å². The number of amides is 1. The lowest BCUT2D eigenvalue weighted by Crippen LogP contribution is -2.30. The highest BCUT2D eigenvalue weighted by molar-refractivity contribution is 6.30. The van der Waals surface area contributed by atoms with E-state index in [2.05, 4.69) is 10.3 Å². The molecule has 0 spiro atoms. The summed E-state index contributed by atoms with van der Waals surface area (Å²) in [6.07, 6.45) is 0. The minimum Gasteiger partial charge on any atom is -0.484 e. The van der Waals surface area contributed by atoms with E-state index in [4.69, 9.17) is 16.3 Å². The molecule has 5 nitrogen and oxygen atoms in total. The highest BCUT2D eigenvalue weighted by atomic mass is 35.5. The first-order chi connectivity index (χ1) is 12.4. The first-order valence-corrected chi connectivity index (χ1v) is 8.58. The Hall–Kier alpha value is -2.79. The number of nitrogens with one attached hydrogen (secondary N) is 2. The Morgan fingerprint density at radius 2 is 1.81 bits per heavy atom. The van der Waals surface area contributed by atoms with E-state index in [0.717, 1.165) is 22.0 Å². The Morgan fingerprint density at radius 3 is 2.54 bits per heavy atom. The number of carbonyl (C=O) groups excluding carboxylic acids is 1. The van der Waals surface area contributed by atoms with Crippen LogP contribution in [0, 0.1) is 13.8 Å². The third-order valence-electron chi connectivity index (χ3n) is 4.20. The standard InChI is InChI=1S/C20H19ClN2O3/c1-12-7-14-9-15(20(25)23-18(14)8-13(12)2)10-22-19(24)11-26-17-5-3-16(21)4-6-17/h3-9H,10-11H2,1-2H3,(H,22,24)(H,23,25). The molecular formula is C20H19ClN2O3. The Balaban J connectivity index is 1.64.